The predicted molar refractivity (Wildman–Crippen MR) is 62.0 cm³/mol. The number of carbonyl (C=O) groups is 1. The van der Waals surface area contributed by atoms with Crippen molar-refractivity contribution in [1.82, 2.24) is 0 Å². The summed E-state index contributed by atoms with van der Waals surface area (Å²) >= 11 is 1.50. The molecule has 2 rings (SSSR count). The minimum Gasteiger partial charge on any atom is -0.381 e. The van der Waals surface area contributed by atoms with Crippen LogP contribution in [0.2, 0.25) is 0 Å². The average Bonchev–Trinajstić information content (AvgIpc) is 2.78. The molecule has 0 atom stereocenters. The first kappa shape index (κ1) is 10.6. The second kappa shape index (κ2) is 4.77. The van der Waals surface area contributed by atoms with Crippen molar-refractivity contribution in [3.8, 4) is 0 Å². The largest absolute Gasteiger partial charge is 0.381 e. The van der Waals surface area contributed by atoms with Gasteiger partial charge in [-0.05, 0) is 18.9 Å². The van der Waals surface area contributed by atoms with Crippen molar-refractivity contribution in [3.05, 3.63) is 16.3 Å². The highest BCUT2D eigenvalue weighted by atomic mass is 32.1. The Morgan fingerprint density at radius 1 is 1.53 bits per heavy atom. The van der Waals surface area contributed by atoms with Crippen molar-refractivity contribution in [3.63, 3.8) is 0 Å². The fourth-order valence-electron chi connectivity index (χ4n) is 1.87. The van der Waals surface area contributed by atoms with Crippen molar-refractivity contribution in [2.75, 3.05) is 25.2 Å². The van der Waals surface area contributed by atoms with E-state index < -0.39 is 0 Å². The van der Waals surface area contributed by atoms with E-state index in [-0.39, 0.29) is 0 Å². The molecule has 0 aromatic carbocycles. The average molecular weight is 225 g/mol. The maximum Gasteiger partial charge on any atom is 0.160 e. The Hall–Kier alpha value is -0.870. The van der Waals surface area contributed by atoms with Crippen LogP contribution in [0.1, 0.15) is 22.5 Å². The first-order chi connectivity index (χ1) is 7.31. The van der Waals surface area contributed by atoms with Gasteiger partial charge in [0, 0.05) is 37.4 Å². The number of rotatable bonds is 3. The lowest BCUT2D eigenvalue weighted by Gasteiger charge is -2.32. The predicted octanol–water partition coefficient (Wildman–Crippen LogP) is 2.18. The number of hydrogen-bond donors (Lipinski definition) is 0. The van der Waals surface area contributed by atoms with Gasteiger partial charge in [-0.2, -0.15) is 0 Å². The molecule has 0 bridgehead atoms. The molecule has 0 unspecified atom stereocenters. The summed E-state index contributed by atoms with van der Waals surface area (Å²) < 4.78 is 5.33. The number of ether oxygens (including phenoxy) is 1. The Morgan fingerprint density at radius 3 is 2.87 bits per heavy atom. The third-order valence-electron chi connectivity index (χ3n) is 2.87. The molecule has 1 aromatic rings. The highest BCUT2D eigenvalue weighted by molar-refractivity contribution is 7.12. The number of carbonyl (C=O) groups excluding carboxylic acids is 1. The van der Waals surface area contributed by atoms with Gasteiger partial charge in [-0.3, -0.25) is 4.79 Å². The summed E-state index contributed by atoms with van der Waals surface area (Å²) in [5, 5.41) is 2.04. The number of nitrogens with zero attached hydrogens (tertiary/aromatic N) is 1. The molecule has 1 saturated heterocycles. The number of hydrogen-bond acceptors (Lipinski definition) is 4. The molecule has 1 aromatic heterocycles. The maximum absolute atomic E-state index is 10.6. The quantitative estimate of drug-likeness (QED) is 0.738. The summed E-state index contributed by atoms with van der Waals surface area (Å²) in [4.78, 5) is 13.6. The van der Waals surface area contributed by atoms with Crippen molar-refractivity contribution < 1.29 is 9.53 Å². The van der Waals surface area contributed by atoms with Crippen molar-refractivity contribution in [1.29, 1.82) is 0 Å². The molecule has 3 nitrogen and oxygen atoms in total. The number of thiophene rings is 1. The Labute approximate surface area is 93.7 Å². The van der Waals surface area contributed by atoms with Crippen LogP contribution < -0.4 is 4.90 Å². The summed E-state index contributed by atoms with van der Waals surface area (Å²) in [6, 6.07) is 2.50. The Kier molecular flexibility index (Phi) is 3.38. The molecule has 0 aliphatic carbocycles. The van der Waals surface area contributed by atoms with Crippen LogP contribution >= 0.6 is 11.3 Å². The maximum atomic E-state index is 10.6. The Bertz CT molecular complexity index is 331. The molecule has 82 valence electrons. The van der Waals surface area contributed by atoms with E-state index in [1.54, 1.807) is 0 Å². The third kappa shape index (κ3) is 2.38. The zero-order chi connectivity index (χ0) is 10.7. The van der Waals surface area contributed by atoms with Crippen molar-refractivity contribution in [2.24, 2.45) is 0 Å². The Morgan fingerprint density at radius 2 is 2.27 bits per heavy atom. The van der Waals surface area contributed by atoms with Gasteiger partial charge in [0.25, 0.3) is 0 Å². The summed E-state index contributed by atoms with van der Waals surface area (Å²) in [7, 11) is 2.09. The fourth-order valence-corrected chi connectivity index (χ4v) is 2.61. The van der Waals surface area contributed by atoms with Gasteiger partial charge < -0.3 is 9.64 Å². The van der Waals surface area contributed by atoms with Crippen LogP contribution in [0.25, 0.3) is 0 Å². The first-order valence-corrected chi connectivity index (χ1v) is 6.03. The molecule has 1 fully saturated rings. The number of aldehydes is 1. The van der Waals surface area contributed by atoms with E-state index in [2.05, 4.69) is 11.9 Å². The van der Waals surface area contributed by atoms with Crippen LogP contribution in [0.15, 0.2) is 11.4 Å². The van der Waals surface area contributed by atoms with Gasteiger partial charge in [-0.25, -0.2) is 0 Å². The zero-order valence-electron chi connectivity index (χ0n) is 8.81. The van der Waals surface area contributed by atoms with Gasteiger partial charge in [-0.1, -0.05) is 0 Å². The molecule has 1 aliphatic rings. The van der Waals surface area contributed by atoms with E-state index in [1.807, 2.05) is 11.4 Å². The smallest absolute Gasteiger partial charge is 0.160 e. The zero-order valence-corrected chi connectivity index (χ0v) is 9.63. The topological polar surface area (TPSA) is 29.5 Å². The van der Waals surface area contributed by atoms with Crippen LogP contribution in [0.3, 0.4) is 0 Å². The molecule has 4 heteroatoms. The monoisotopic (exact) mass is 225 g/mol. The summed E-state index contributed by atoms with van der Waals surface area (Å²) in [5.41, 5.74) is 1.15. The van der Waals surface area contributed by atoms with E-state index >= 15 is 0 Å². The lowest BCUT2D eigenvalue weighted by atomic mass is 10.1. The molecule has 0 N–H and O–H groups in total. The van der Waals surface area contributed by atoms with Crippen LogP contribution in [0.4, 0.5) is 5.69 Å². The van der Waals surface area contributed by atoms with Gasteiger partial charge in [0.05, 0.1) is 4.88 Å². The minimum absolute atomic E-state index is 0.549. The SMILES string of the molecule is CN(c1csc(C=O)c1)C1CCOCC1. The van der Waals surface area contributed by atoms with E-state index in [0.29, 0.717) is 6.04 Å². The van der Waals surface area contributed by atoms with Crippen LogP contribution in [-0.2, 0) is 4.74 Å². The van der Waals surface area contributed by atoms with E-state index in [1.165, 1.54) is 11.3 Å². The molecule has 1 aliphatic heterocycles. The lowest BCUT2D eigenvalue weighted by Crippen LogP contribution is -2.36. The summed E-state index contributed by atoms with van der Waals surface area (Å²) in [6.45, 7) is 1.69. The normalized spacial score (nSPS) is 17.7. The third-order valence-corrected chi connectivity index (χ3v) is 3.71. The second-order valence-corrected chi connectivity index (χ2v) is 4.72. The molecule has 2 heterocycles. The number of anilines is 1. The van der Waals surface area contributed by atoms with Gasteiger partial charge >= 0.3 is 0 Å². The summed E-state index contributed by atoms with van der Waals surface area (Å²) in [5.74, 6) is 0. The van der Waals surface area contributed by atoms with Crippen LogP contribution in [0.5, 0.6) is 0 Å². The van der Waals surface area contributed by atoms with Gasteiger partial charge in [-0.15, -0.1) is 11.3 Å². The highest BCUT2D eigenvalue weighted by Gasteiger charge is 2.19. The fraction of sp³-hybridized carbons (Fsp3) is 0.545. The molecule has 0 radical (unpaired) electrons. The van der Waals surface area contributed by atoms with Crippen LogP contribution in [0, 0.1) is 0 Å². The van der Waals surface area contributed by atoms with Gasteiger partial charge in [0.2, 0.25) is 0 Å². The van der Waals surface area contributed by atoms with E-state index in [0.717, 1.165) is 42.9 Å². The van der Waals surface area contributed by atoms with E-state index in [4.69, 9.17) is 4.74 Å². The van der Waals surface area contributed by atoms with Gasteiger partial charge in [0.1, 0.15) is 0 Å². The summed E-state index contributed by atoms with van der Waals surface area (Å²) in [6.07, 6.45) is 3.05. The van der Waals surface area contributed by atoms with Gasteiger partial charge in [0.15, 0.2) is 6.29 Å². The van der Waals surface area contributed by atoms with Crippen LogP contribution in [-0.4, -0.2) is 32.6 Å². The van der Waals surface area contributed by atoms with E-state index in [9.17, 15) is 4.79 Å². The molecular weight excluding hydrogens is 210 g/mol. The Balaban J connectivity index is 2.05. The van der Waals surface area contributed by atoms with Crippen molar-refractivity contribution in [2.45, 2.75) is 18.9 Å². The second-order valence-electron chi connectivity index (χ2n) is 3.78. The lowest BCUT2D eigenvalue weighted by molar-refractivity contribution is 0.0855. The minimum atomic E-state index is 0.549. The standard InChI is InChI=1S/C11H15NO2S/c1-12(9-2-4-14-5-3-9)10-6-11(7-13)15-8-10/h6-9H,2-5H2,1H3. The molecular formula is C11H15NO2S. The molecule has 0 amide bonds. The van der Waals surface area contributed by atoms with Crippen molar-refractivity contribution >= 4 is 23.3 Å². The molecule has 0 saturated carbocycles. The highest BCUT2D eigenvalue weighted by Crippen LogP contribution is 2.25. The molecule has 0 spiro atoms. The first-order valence-electron chi connectivity index (χ1n) is 5.15. The molecule has 15 heavy (non-hydrogen) atoms.